The molecule has 5 aliphatic heterocycles. The quantitative estimate of drug-likeness (QED) is 0.0350. The lowest BCUT2D eigenvalue weighted by atomic mass is 9.79. The molecular formula is C87H95F3N2O13S. The van der Waals surface area contributed by atoms with E-state index in [1.54, 1.807) is 24.3 Å². The first kappa shape index (κ1) is 75.8. The molecule has 0 amide bonds. The van der Waals surface area contributed by atoms with Crippen molar-refractivity contribution in [3.63, 3.8) is 0 Å². The number of likely N-dealkylation sites (N-methyl/N-ethyl adjacent to an activating group) is 1. The Balaban J connectivity index is 0.00000118. The Morgan fingerprint density at radius 2 is 1.08 bits per heavy atom. The van der Waals surface area contributed by atoms with Crippen molar-refractivity contribution in [1.82, 2.24) is 0 Å². The summed E-state index contributed by atoms with van der Waals surface area (Å²) in [5, 5.41) is 36.9. The molecule has 19 heteroatoms. The standard InChI is InChI=1S/C86H94N2O10.CHF3O3S/c1-9-19-64-53-68(50-61(91)22-17-23-66-52-67(97-83(96-66)57-32-40-60(90)41-33-57)25-18-24-65-51-62(10-2)93-82(95-65)56-30-38-59(89)39-31-56)98-84(94-64)58-34-42-63(43-35-58)92-81-73(44-48-77-85(3,4)79-69-26-13-11-20-54(69)36-46-75(79)87(77)7)71-28-15-16-29-72(71)74(81)45-49-78-86(5,6)80-70-27-14-12-21-55(70)37-47-76(80)88(78)8;2-1(3,4)8(5,6)7/h11-16,20-21,26-49,61-62,64-68,82-84,91H,9-10,17-19,22-25,50-53H2,1-8H3,(H-,89,90);(H,5,6,7). The van der Waals surface area contributed by atoms with Gasteiger partial charge in [-0.2, -0.15) is 17.7 Å². The van der Waals surface area contributed by atoms with Gasteiger partial charge in [-0.15, -0.1) is 0 Å². The second-order valence-electron chi connectivity index (χ2n) is 29.8. The molecule has 558 valence electrons. The summed E-state index contributed by atoms with van der Waals surface area (Å²) in [4.78, 5) is 2.35. The Bertz CT molecular complexity index is 4760. The van der Waals surface area contributed by atoms with Gasteiger partial charge < -0.3 is 57.9 Å². The maximum absolute atomic E-state index is 11.8. The van der Waals surface area contributed by atoms with Gasteiger partial charge in [0.25, 0.3) is 0 Å². The van der Waals surface area contributed by atoms with Crippen LogP contribution < -0.4 is 9.64 Å². The average molecular weight is 1470 g/mol. The normalized spacial score (nSPS) is 24.6. The fraction of sp³-hybridized carbons (Fsp3) is 0.391. The van der Waals surface area contributed by atoms with Gasteiger partial charge in [0.15, 0.2) is 34.7 Å². The van der Waals surface area contributed by atoms with Crippen LogP contribution in [0.5, 0.6) is 17.2 Å². The Morgan fingerprint density at radius 3 is 1.64 bits per heavy atom. The summed E-state index contributed by atoms with van der Waals surface area (Å²) in [5.74, 6) is 1.88. The summed E-state index contributed by atoms with van der Waals surface area (Å²) in [6.45, 7) is 13.7. The number of aliphatic hydroxyl groups is 1. The van der Waals surface area contributed by atoms with E-state index in [9.17, 15) is 28.5 Å². The van der Waals surface area contributed by atoms with Crippen LogP contribution in [-0.2, 0) is 49.4 Å². The molecule has 0 radical (unpaired) electrons. The number of phenolic OH excluding ortho intramolecular Hbond substituents is 2. The van der Waals surface area contributed by atoms with E-state index in [-0.39, 0.29) is 59.0 Å². The number of hydrogen-bond acceptors (Lipinski definition) is 14. The minimum absolute atomic E-state index is 0.0231. The van der Waals surface area contributed by atoms with Crippen LogP contribution in [-0.4, -0.2) is 101 Å². The lowest BCUT2D eigenvalue weighted by Gasteiger charge is -2.38. The smallest absolute Gasteiger partial charge is 0.485 e. The molecule has 8 aromatic carbocycles. The van der Waals surface area contributed by atoms with Crippen molar-refractivity contribution in [3.05, 3.63) is 245 Å². The van der Waals surface area contributed by atoms with E-state index in [1.165, 1.54) is 55.5 Å². The molecule has 106 heavy (non-hydrogen) atoms. The van der Waals surface area contributed by atoms with Crippen LogP contribution >= 0.6 is 0 Å². The molecule has 14 rings (SSSR count). The number of phenols is 2. The van der Waals surface area contributed by atoms with Crippen molar-refractivity contribution in [1.29, 1.82) is 0 Å². The monoisotopic (exact) mass is 1460 g/mol. The summed E-state index contributed by atoms with van der Waals surface area (Å²) >= 11 is 0. The predicted molar refractivity (Wildman–Crippen MR) is 406 cm³/mol. The van der Waals surface area contributed by atoms with E-state index in [4.69, 9.17) is 46.1 Å². The Kier molecular flexibility index (Phi) is 22.7. The molecule has 1 aliphatic carbocycles. The van der Waals surface area contributed by atoms with Gasteiger partial charge in [0, 0.05) is 88.7 Å². The minimum Gasteiger partial charge on any atom is -0.741 e. The Morgan fingerprint density at radius 1 is 0.594 bits per heavy atom. The summed E-state index contributed by atoms with van der Waals surface area (Å²) < 4.78 is 108. The van der Waals surface area contributed by atoms with Crippen molar-refractivity contribution in [3.8, 4) is 17.2 Å². The van der Waals surface area contributed by atoms with Crippen molar-refractivity contribution < 1.29 is 79.2 Å². The molecule has 0 spiro atoms. The zero-order valence-electron chi connectivity index (χ0n) is 61.3. The van der Waals surface area contributed by atoms with E-state index in [0.29, 0.717) is 25.0 Å². The van der Waals surface area contributed by atoms with Gasteiger partial charge in [-0.3, -0.25) is 0 Å². The molecule has 0 saturated carbocycles. The molecule has 3 N–H and O–H groups in total. The molecule has 0 bridgehead atoms. The molecule has 8 aromatic rings. The second-order valence-corrected chi connectivity index (χ2v) is 31.2. The molecule has 10 atom stereocenters. The third-order valence-electron chi connectivity index (χ3n) is 21.8. The Hall–Kier alpha value is -8.47. The van der Waals surface area contributed by atoms with Gasteiger partial charge in [0.2, 0.25) is 5.69 Å². The van der Waals surface area contributed by atoms with Crippen molar-refractivity contribution in [2.75, 3.05) is 19.0 Å². The van der Waals surface area contributed by atoms with E-state index in [2.05, 4.69) is 199 Å². The van der Waals surface area contributed by atoms with Crippen LogP contribution in [0.1, 0.15) is 183 Å². The summed E-state index contributed by atoms with van der Waals surface area (Å²) in [6, 6.07) is 57.5. The number of aromatic hydroxyl groups is 2. The number of alkyl halides is 3. The highest BCUT2D eigenvalue weighted by atomic mass is 32.2. The second kappa shape index (κ2) is 31.8. The van der Waals surface area contributed by atoms with Crippen LogP contribution in [0.15, 0.2) is 206 Å². The molecule has 6 aliphatic rings. The molecule has 3 saturated heterocycles. The summed E-state index contributed by atoms with van der Waals surface area (Å²) in [5.41, 5.74) is 8.18. The number of aliphatic hydroxyl groups excluding tert-OH is 1. The van der Waals surface area contributed by atoms with E-state index in [0.717, 1.165) is 109 Å². The van der Waals surface area contributed by atoms with Crippen molar-refractivity contribution in [2.45, 2.75) is 203 Å². The zero-order chi connectivity index (χ0) is 74.8. The van der Waals surface area contributed by atoms with Crippen LogP contribution in [0.4, 0.5) is 24.5 Å². The molecular weight excluding hydrogens is 1370 g/mol. The van der Waals surface area contributed by atoms with Crippen LogP contribution in [0.3, 0.4) is 0 Å². The summed E-state index contributed by atoms with van der Waals surface area (Å²) in [6.07, 6.45) is 17.0. The lowest BCUT2D eigenvalue weighted by molar-refractivity contribution is -0.401. The van der Waals surface area contributed by atoms with Crippen LogP contribution in [0.25, 0.3) is 32.7 Å². The van der Waals surface area contributed by atoms with Gasteiger partial charge in [0.05, 0.1) is 48.1 Å². The van der Waals surface area contributed by atoms with Gasteiger partial charge in [0.1, 0.15) is 30.1 Å². The predicted octanol–water partition coefficient (Wildman–Crippen LogP) is 19.4. The van der Waals surface area contributed by atoms with E-state index in [1.807, 2.05) is 36.4 Å². The fourth-order valence-electron chi connectivity index (χ4n) is 16.5. The number of anilines is 1. The maximum Gasteiger partial charge on any atom is 0.485 e. The van der Waals surface area contributed by atoms with Gasteiger partial charge in [-0.1, -0.05) is 149 Å². The number of rotatable bonds is 21. The number of ether oxygens (including phenoxy) is 7. The number of fused-ring (bicyclic) bond motifs is 7. The van der Waals surface area contributed by atoms with E-state index >= 15 is 0 Å². The largest absolute Gasteiger partial charge is 0.741 e. The average Bonchev–Trinajstić information content (AvgIpc) is 1.58. The first-order chi connectivity index (χ1) is 50.8. The fourth-order valence-corrected chi connectivity index (χ4v) is 16.5. The maximum atomic E-state index is 11.8. The number of benzene rings is 8. The highest BCUT2D eigenvalue weighted by Gasteiger charge is 2.46. The van der Waals surface area contributed by atoms with E-state index < -0.39 is 40.6 Å². The molecule has 0 aromatic heterocycles. The van der Waals surface area contributed by atoms with Gasteiger partial charge in [-0.25, -0.2) is 8.42 Å². The van der Waals surface area contributed by atoms with Crippen molar-refractivity contribution in [2.24, 2.45) is 0 Å². The first-order valence-electron chi connectivity index (χ1n) is 37.1. The highest BCUT2D eigenvalue weighted by Crippen LogP contribution is 2.52. The van der Waals surface area contributed by atoms with Gasteiger partial charge >= 0.3 is 5.51 Å². The van der Waals surface area contributed by atoms with Crippen LogP contribution in [0, 0.1) is 0 Å². The third-order valence-corrected chi connectivity index (χ3v) is 22.3. The lowest BCUT2D eigenvalue weighted by Crippen LogP contribution is -2.36. The summed E-state index contributed by atoms with van der Waals surface area (Å²) in [7, 11) is -1.72. The van der Waals surface area contributed by atoms with Gasteiger partial charge in [-0.05, 0) is 177 Å². The number of nitrogens with zero attached hydrogens (tertiary/aromatic N) is 2. The minimum atomic E-state index is -6.09. The number of hydrogen-bond donors (Lipinski definition) is 3. The Labute approximate surface area is 619 Å². The van der Waals surface area contributed by atoms with Crippen LogP contribution in [0.2, 0.25) is 0 Å². The number of halogens is 3. The topological polar surface area (TPSA) is 189 Å². The molecule has 10 unspecified atom stereocenters. The molecule has 5 heterocycles. The number of allylic oxidation sites excluding steroid dienone is 7. The SMILES string of the molecule is CCCC1CC(CC(O)CCCC2CC(CCCC3CC(CC)OC(c4ccc(O)cc4)O3)OC(c3ccc(O)cc3)O2)OC(c2ccc(O/C3=C(\C=C\C4=[N+](C)c5ccc6ccccc6c5C4(C)C)c4ccccc4\C3=C/C=C3/N(C)c4ccc5ccccc5c4C3(C)C)cc2)O1.O=S(=O)([O-])C(F)(F)F. The molecule has 15 nitrogen and oxygen atoms in total. The molecule has 3 fully saturated rings. The zero-order valence-corrected chi connectivity index (χ0v) is 62.1. The first-order valence-corrected chi connectivity index (χ1v) is 38.5. The van der Waals surface area contributed by atoms with Crippen molar-refractivity contribution >= 4 is 59.9 Å². The third kappa shape index (κ3) is 16.3. The highest BCUT2D eigenvalue weighted by molar-refractivity contribution is 7.86.